The van der Waals surface area contributed by atoms with E-state index in [1.54, 1.807) is 24.1 Å². The van der Waals surface area contributed by atoms with Crippen LogP contribution in [0.3, 0.4) is 0 Å². The zero-order chi connectivity index (χ0) is 11.3. The Hall–Kier alpha value is -1.52. The molecule has 0 bridgehead atoms. The van der Waals surface area contributed by atoms with Gasteiger partial charge in [0.25, 0.3) is 0 Å². The van der Waals surface area contributed by atoms with E-state index in [-0.39, 0.29) is 0 Å². The maximum atomic E-state index is 10.9. The SMILES string of the molecule is CCCCC(Nc1cnn(C)c1)C(=O)O. The lowest BCUT2D eigenvalue weighted by atomic mass is 10.1. The molecule has 1 aromatic heterocycles. The molecule has 0 saturated carbocycles. The molecule has 0 fully saturated rings. The fraction of sp³-hybridized carbons (Fsp3) is 0.600. The first-order valence-electron chi connectivity index (χ1n) is 5.11. The van der Waals surface area contributed by atoms with Crippen LogP contribution in [0.1, 0.15) is 26.2 Å². The maximum Gasteiger partial charge on any atom is 0.326 e. The minimum absolute atomic E-state index is 0.519. The Morgan fingerprint density at radius 2 is 2.47 bits per heavy atom. The van der Waals surface area contributed by atoms with Crippen LogP contribution < -0.4 is 5.32 Å². The first-order valence-corrected chi connectivity index (χ1v) is 5.11. The molecular formula is C10H17N3O2. The van der Waals surface area contributed by atoms with E-state index in [0.29, 0.717) is 6.42 Å². The molecule has 1 heterocycles. The predicted octanol–water partition coefficient (Wildman–Crippen LogP) is 1.48. The number of unbranched alkanes of at least 4 members (excludes halogenated alkanes) is 1. The Balaban J connectivity index is 2.54. The highest BCUT2D eigenvalue weighted by atomic mass is 16.4. The van der Waals surface area contributed by atoms with E-state index in [4.69, 9.17) is 5.11 Å². The van der Waals surface area contributed by atoms with Crippen molar-refractivity contribution in [2.24, 2.45) is 7.05 Å². The Bertz CT molecular complexity index is 322. The smallest absolute Gasteiger partial charge is 0.326 e. The standard InChI is InChI=1S/C10H17N3O2/c1-3-4-5-9(10(14)15)12-8-6-11-13(2)7-8/h6-7,9,12H,3-5H2,1-2H3,(H,14,15). The zero-order valence-corrected chi connectivity index (χ0v) is 9.10. The topological polar surface area (TPSA) is 67.2 Å². The molecule has 1 aromatic rings. The van der Waals surface area contributed by atoms with E-state index in [1.165, 1.54) is 0 Å². The molecule has 0 spiro atoms. The van der Waals surface area contributed by atoms with Gasteiger partial charge < -0.3 is 10.4 Å². The molecule has 15 heavy (non-hydrogen) atoms. The molecule has 0 aliphatic carbocycles. The van der Waals surface area contributed by atoms with Gasteiger partial charge in [-0.15, -0.1) is 0 Å². The number of aromatic nitrogens is 2. The van der Waals surface area contributed by atoms with Gasteiger partial charge in [-0.3, -0.25) is 4.68 Å². The molecule has 0 radical (unpaired) electrons. The van der Waals surface area contributed by atoms with Gasteiger partial charge >= 0.3 is 5.97 Å². The summed E-state index contributed by atoms with van der Waals surface area (Å²) in [4.78, 5) is 10.9. The Kier molecular flexibility index (Phi) is 4.15. The third-order valence-electron chi connectivity index (χ3n) is 2.19. The summed E-state index contributed by atoms with van der Waals surface area (Å²) in [7, 11) is 1.80. The van der Waals surface area contributed by atoms with Crippen molar-refractivity contribution in [3.8, 4) is 0 Å². The number of hydrogen-bond donors (Lipinski definition) is 2. The van der Waals surface area contributed by atoms with Crippen LogP contribution in [0.4, 0.5) is 5.69 Å². The molecule has 0 amide bonds. The summed E-state index contributed by atoms with van der Waals surface area (Å²) < 4.78 is 1.64. The van der Waals surface area contributed by atoms with Crippen molar-refractivity contribution in [2.75, 3.05) is 5.32 Å². The van der Waals surface area contributed by atoms with Crippen LogP contribution >= 0.6 is 0 Å². The second-order valence-corrected chi connectivity index (χ2v) is 3.58. The van der Waals surface area contributed by atoms with Gasteiger partial charge in [0.15, 0.2) is 0 Å². The molecule has 5 nitrogen and oxygen atoms in total. The monoisotopic (exact) mass is 211 g/mol. The highest BCUT2D eigenvalue weighted by Crippen LogP contribution is 2.10. The average molecular weight is 211 g/mol. The van der Waals surface area contributed by atoms with Gasteiger partial charge in [0, 0.05) is 13.2 Å². The number of carboxylic acid groups (broad SMARTS) is 1. The predicted molar refractivity (Wildman–Crippen MR) is 57.8 cm³/mol. The van der Waals surface area contributed by atoms with E-state index in [1.807, 2.05) is 6.92 Å². The van der Waals surface area contributed by atoms with Gasteiger partial charge in [-0.2, -0.15) is 5.10 Å². The van der Waals surface area contributed by atoms with Crippen molar-refractivity contribution in [3.63, 3.8) is 0 Å². The van der Waals surface area contributed by atoms with Crippen LogP contribution in [0.15, 0.2) is 12.4 Å². The van der Waals surface area contributed by atoms with E-state index < -0.39 is 12.0 Å². The Morgan fingerprint density at radius 3 is 2.93 bits per heavy atom. The molecule has 1 rings (SSSR count). The van der Waals surface area contributed by atoms with Crippen molar-refractivity contribution in [1.82, 2.24) is 9.78 Å². The van der Waals surface area contributed by atoms with Crippen molar-refractivity contribution in [3.05, 3.63) is 12.4 Å². The fourth-order valence-electron chi connectivity index (χ4n) is 1.36. The van der Waals surface area contributed by atoms with Gasteiger partial charge in [0.05, 0.1) is 11.9 Å². The van der Waals surface area contributed by atoms with E-state index in [9.17, 15) is 4.79 Å². The van der Waals surface area contributed by atoms with Gasteiger partial charge in [-0.1, -0.05) is 19.8 Å². The molecular weight excluding hydrogens is 194 g/mol. The molecule has 1 unspecified atom stereocenters. The summed E-state index contributed by atoms with van der Waals surface area (Å²) in [5.41, 5.74) is 0.751. The second-order valence-electron chi connectivity index (χ2n) is 3.58. The molecule has 0 saturated heterocycles. The summed E-state index contributed by atoms with van der Waals surface area (Å²) >= 11 is 0. The first-order chi connectivity index (χ1) is 7.13. The van der Waals surface area contributed by atoms with Crippen LogP contribution in [-0.2, 0) is 11.8 Å². The number of aliphatic carboxylic acids is 1. The largest absolute Gasteiger partial charge is 0.480 e. The summed E-state index contributed by atoms with van der Waals surface area (Å²) in [5.74, 6) is -0.813. The first kappa shape index (κ1) is 11.6. The zero-order valence-electron chi connectivity index (χ0n) is 9.10. The molecule has 0 aliphatic heterocycles. The lowest BCUT2D eigenvalue weighted by molar-refractivity contribution is -0.138. The highest BCUT2D eigenvalue weighted by Gasteiger charge is 2.16. The van der Waals surface area contributed by atoms with Crippen LogP contribution in [0.2, 0.25) is 0 Å². The summed E-state index contributed by atoms with van der Waals surface area (Å²) in [6.07, 6.45) is 5.94. The van der Waals surface area contributed by atoms with E-state index in [2.05, 4.69) is 10.4 Å². The van der Waals surface area contributed by atoms with Crippen LogP contribution in [0.25, 0.3) is 0 Å². The summed E-state index contributed by atoms with van der Waals surface area (Å²) in [6.45, 7) is 2.04. The quantitative estimate of drug-likeness (QED) is 0.747. The fourth-order valence-corrected chi connectivity index (χ4v) is 1.36. The Labute approximate surface area is 89.1 Å². The van der Waals surface area contributed by atoms with Crippen LogP contribution in [0, 0.1) is 0 Å². The number of carboxylic acids is 1. The van der Waals surface area contributed by atoms with Crippen LogP contribution in [-0.4, -0.2) is 26.9 Å². The number of anilines is 1. The number of hydrogen-bond acceptors (Lipinski definition) is 3. The normalized spacial score (nSPS) is 12.4. The van der Waals surface area contributed by atoms with Gasteiger partial charge in [-0.05, 0) is 6.42 Å². The molecule has 84 valence electrons. The van der Waals surface area contributed by atoms with Crippen molar-refractivity contribution in [1.29, 1.82) is 0 Å². The van der Waals surface area contributed by atoms with Crippen molar-refractivity contribution in [2.45, 2.75) is 32.2 Å². The highest BCUT2D eigenvalue weighted by molar-refractivity contribution is 5.77. The minimum Gasteiger partial charge on any atom is -0.480 e. The van der Waals surface area contributed by atoms with Gasteiger partial charge in [0.2, 0.25) is 0 Å². The average Bonchev–Trinajstić information content (AvgIpc) is 2.58. The number of aryl methyl sites for hydroxylation is 1. The van der Waals surface area contributed by atoms with Gasteiger partial charge in [-0.25, -0.2) is 4.79 Å². The number of nitrogens with one attached hydrogen (secondary N) is 1. The lowest BCUT2D eigenvalue weighted by Crippen LogP contribution is -2.28. The molecule has 1 atom stereocenters. The molecule has 2 N–H and O–H groups in total. The van der Waals surface area contributed by atoms with Gasteiger partial charge in [0.1, 0.15) is 6.04 Å². The van der Waals surface area contributed by atoms with Crippen LogP contribution in [0.5, 0.6) is 0 Å². The summed E-state index contributed by atoms with van der Waals surface area (Å²) in [6, 6.07) is -0.519. The van der Waals surface area contributed by atoms with E-state index >= 15 is 0 Å². The second kappa shape index (κ2) is 5.38. The van der Waals surface area contributed by atoms with Crippen molar-refractivity contribution < 1.29 is 9.90 Å². The number of carbonyl (C=O) groups is 1. The van der Waals surface area contributed by atoms with Crippen molar-refractivity contribution >= 4 is 11.7 Å². The summed E-state index contributed by atoms with van der Waals surface area (Å²) in [5, 5.41) is 15.9. The number of nitrogens with zero attached hydrogens (tertiary/aromatic N) is 2. The maximum absolute atomic E-state index is 10.9. The third kappa shape index (κ3) is 3.61. The molecule has 0 aliphatic rings. The Morgan fingerprint density at radius 1 is 1.73 bits per heavy atom. The minimum atomic E-state index is -0.813. The molecule has 5 heteroatoms. The number of rotatable bonds is 6. The lowest BCUT2D eigenvalue weighted by Gasteiger charge is -2.13. The third-order valence-corrected chi connectivity index (χ3v) is 2.19. The van der Waals surface area contributed by atoms with E-state index in [0.717, 1.165) is 18.5 Å². The molecule has 0 aromatic carbocycles.